The van der Waals surface area contributed by atoms with Gasteiger partial charge in [0.05, 0.1) is 12.3 Å². The van der Waals surface area contributed by atoms with Gasteiger partial charge in [-0.25, -0.2) is 19.6 Å². The highest BCUT2D eigenvalue weighted by Crippen LogP contribution is 2.20. The highest BCUT2D eigenvalue weighted by molar-refractivity contribution is 5.90. The third-order valence-electron chi connectivity index (χ3n) is 4.82. The molecule has 0 aliphatic rings. The lowest BCUT2D eigenvalue weighted by Crippen LogP contribution is -2.38. The minimum atomic E-state index is -1.11. The monoisotopic (exact) mass is 440 g/mol. The first-order chi connectivity index (χ1) is 15.5. The highest BCUT2D eigenvalue weighted by Gasteiger charge is 2.14. The van der Waals surface area contributed by atoms with Crippen molar-refractivity contribution >= 4 is 24.0 Å². The van der Waals surface area contributed by atoms with E-state index in [9.17, 15) is 14.7 Å². The first kappa shape index (κ1) is 24.8. The van der Waals surface area contributed by atoms with E-state index in [1.807, 2.05) is 12.1 Å². The maximum absolute atomic E-state index is 12.4. The van der Waals surface area contributed by atoms with E-state index < -0.39 is 5.97 Å². The van der Waals surface area contributed by atoms with Crippen molar-refractivity contribution in [1.82, 2.24) is 15.3 Å². The molecule has 0 radical (unpaired) electrons. The minimum Gasteiger partial charge on any atom is -0.487 e. The van der Waals surface area contributed by atoms with Crippen molar-refractivity contribution in [2.24, 2.45) is 0 Å². The van der Waals surface area contributed by atoms with Gasteiger partial charge in [0, 0.05) is 25.4 Å². The molecule has 1 aromatic heterocycles. The first-order valence-corrected chi connectivity index (χ1v) is 11.0. The zero-order valence-electron chi connectivity index (χ0n) is 19.0. The van der Waals surface area contributed by atoms with Gasteiger partial charge >= 0.3 is 12.0 Å². The Bertz CT molecular complexity index is 912. The van der Waals surface area contributed by atoms with E-state index in [2.05, 4.69) is 22.2 Å². The van der Waals surface area contributed by atoms with Gasteiger partial charge in [-0.3, -0.25) is 4.90 Å². The Morgan fingerprint density at radius 1 is 1.09 bits per heavy atom. The number of hydrogen-bond acceptors (Lipinski definition) is 5. The molecule has 0 fully saturated rings. The lowest BCUT2D eigenvalue weighted by Gasteiger charge is -2.16. The fourth-order valence-electron chi connectivity index (χ4n) is 3.03. The number of nitrogens with one attached hydrogen (secondary N) is 1. The zero-order valence-corrected chi connectivity index (χ0v) is 19.0. The molecule has 32 heavy (non-hydrogen) atoms. The van der Waals surface area contributed by atoms with E-state index in [-0.39, 0.29) is 18.4 Å². The number of amides is 2. The number of carboxylic acid groups (broad SMARTS) is 1. The summed E-state index contributed by atoms with van der Waals surface area (Å²) < 4.78 is 5.14. The van der Waals surface area contributed by atoms with Gasteiger partial charge in [-0.15, -0.1) is 0 Å². The molecule has 0 aliphatic heterocycles. The van der Waals surface area contributed by atoms with Gasteiger partial charge in [0.15, 0.2) is 0 Å². The molecule has 0 saturated heterocycles. The smallest absolute Gasteiger partial charge is 0.371 e. The molecule has 8 heteroatoms. The number of unbranched alkanes of at least 4 members (excludes halogenated alkanes) is 4. The van der Waals surface area contributed by atoms with Crippen LogP contribution in [0.15, 0.2) is 42.3 Å². The van der Waals surface area contributed by atoms with Gasteiger partial charge in [-0.2, -0.15) is 0 Å². The van der Waals surface area contributed by atoms with E-state index in [1.54, 1.807) is 38.4 Å². The molecule has 0 bridgehead atoms. The maximum atomic E-state index is 12.4. The predicted molar refractivity (Wildman–Crippen MR) is 125 cm³/mol. The van der Waals surface area contributed by atoms with Crippen LogP contribution in [0.3, 0.4) is 0 Å². The number of ether oxygens (including phenoxy) is 1. The molecule has 1 aromatic carbocycles. The summed E-state index contributed by atoms with van der Waals surface area (Å²) in [6.07, 6.45) is 8.74. The molecule has 0 atom stereocenters. The van der Waals surface area contributed by atoms with Gasteiger partial charge in [0.1, 0.15) is 0 Å². The zero-order chi connectivity index (χ0) is 23.3. The second kappa shape index (κ2) is 13.1. The van der Waals surface area contributed by atoms with Crippen LogP contribution in [-0.4, -0.2) is 47.3 Å². The first-order valence-electron chi connectivity index (χ1n) is 11.0. The van der Waals surface area contributed by atoms with E-state index in [0.29, 0.717) is 23.8 Å². The SMILES string of the molecule is CCCCCCCNC(=O)N(C)c1nccc(-c2ccc(C=C(OCC)C(=O)O)cc2)n1. The van der Waals surface area contributed by atoms with Crippen molar-refractivity contribution in [1.29, 1.82) is 0 Å². The summed E-state index contributed by atoms with van der Waals surface area (Å²) in [6.45, 7) is 4.81. The fraction of sp³-hybridized carbons (Fsp3) is 0.417. The summed E-state index contributed by atoms with van der Waals surface area (Å²) in [5.41, 5.74) is 2.18. The van der Waals surface area contributed by atoms with Crippen LogP contribution in [0.5, 0.6) is 0 Å². The molecular weight excluding hydrogens is 408 g/mol. The lowest BCUT2D eigenvalue weighted by atomic mass is 10.1. The van der Waals surface area contributed by atoms with Crippen LogP contribution in [0, 0.1) is 0 Å². The second-order valence-corrected chi connectivity index (χ2v) is 7.32. The van der Waals surface area contributed by atoms with Gasteiger partial charge in [0.25, 0.3) is 0 Å². The summed E-state index contributed by atoms with van der Waals surface area (Å²) in [7, 11) is 1.64. The van der Waals surface area contributed by atoms with Gasteiger partial charge in [0.2, 0.25) is 11.7 Å². The molecule has 1 heterocycles. The van der Waals surface area contributed by atoms with E-state index in [0.717, 1.165) is 18.4 Å². The number of nitrogens with zero attached hydrogens (tertiary/aromatic N) is 3. The number of carbonyl (C=O) groups excluding carboxylic acids is 1. The average molecular weight is 441 g/mol. The van der Waals surface area contributed by atoms with Crippen LogP contribution in [0.25, 0.3) is 17.3 Å². The second-order valence-electron chi connectivity index (χ2n) is 7.32. The third kappa shape index (κ3) is 7.68. The van der Waals surface area contributed by atoms with E-state index >= 15 is 0 Å². The summed E-state index contributed by atoms with van der Waals surface area (Å²) >= 11 is 0. The number of urea groups is 1. The molecule has 172 valence electrons. The fourth-order valence-corrected chi connectivity index (χ4v) is 3.03. The molecule has 0 saturated carbocycles. The maximum Gasteiger partial charge on any atom is 0.371 e. The topological polar surface area (TPSA) is 105 Å². The number of aromatic nitrogens is 2. The van der Waals surface area contributed by atoms with Crippen LogP contribution in [-0.2, 0) is 9.53 Å². The summed E-state index contributed by atoms with van der Waals surface area (Å²) in [5, 5.41) is 12.1. The molecule has 8 nitrogen and oxygen atoms in total. The molecule has 2 rings (SSSR count). The number of carbonyl (C=O) groups is 2. The van der Waals surface area contributed by atoms with Crippen LogP contribution in [0.1, 0.15) is 51.5 Å². The largest absolute Gasteiger partial charge is 0.487 e. The highest BCUT2D eigenvalue weighted by atomic mass is 16.5. The Morgan fingerprint density at radius 3 is 2.47 bits per heavy atom. The van der Waals surface area contributed by atoms with Gasteiger partial charge in [-0.1, -0.05) is 56.9 Å². The van der Waals surface area contributed by atoms with Crippen LogP contribution < -0.4 is 10.2 Å². The van der Waals surface area contributed by atoms with E-state index in [4.69, 9.17) is 4.74 Å². The third-order valence-corrected chi connectivity index (χ3v) is 4.82. The molecule has 2 aromatic rings. The molecular formula is C24H32N4O4. The lowest BCUT2D eigenvalue weighted by molar-refractivity contribution is -0.136. The number of benzene rings is 1. The Labute approximate surface area is 189 Å². The average Bonchev–Trinajstić information content (AvgIpc) is 2.81. The number of aliphatic carboxylic acids is 1. The molecule has 0 aliphatic carbocycles. The van der Waals surface area contributed by atoms with E-state index in [1.165, 1.54) is 30.2 Å². The van der Waals surface area contributed by atoms with Gasteiger partial charge in [-0.05, 0) is 31.1 Å². The molecule has 0 unspecified atom stereocenters. The Balaban J connectivity index is 2.03. The summed E-state index contributed by atoms with van der Waals surface area (Å²) in [4.78, 5) is 33.7. The van der Waals surface area contributed by atoms with Crippen LogP contribution in [0.4, 0.5) is 10.7 Å². The molecule has 2 amide bonds. The van der Waals surface area contributed by atoms with Crippen molar-refractivity contribution in [2.75, 3.05) is 25.1 Å². The van der Waals surface area contributed by atoms with Crippen molar-refractivity contribution in [3.63, 3.8) is 0 Å². The number of rotatable bonds is 12. The number of carboxylic acids is 1. The van der Waals surface area contributed by atoms with Crippen LogP contribution >= 0.6 is 0 Å². The van der Waals surface area contributed by atoms with Crippen LogP contribution in [0.2, 0.25) is 0 Å². The Hall–Kier alpha value is -3.42. The molecule has 2 N–H and O–H groups in total. The standard InChI is InChI=1S/C24H32N4O4/c1-4-6-7-8-9-15-26-24(31)28(3)23-25-16-14-20(27-23)19-12-10-18(11-13-19)17-21(22(29)30)32-5-2/h10-14,16-17H,4-9,15H2,1-3H3,(H,26,31)(H,29,30). The minimum absolute atomic E-state index is 0.109. The summed E-state index contributed by atoms with van der Waals surface area (Å²) in [6, 6.07) is 8.76. The van der Waals surface area contributed by atoms with Crippen molar-refractivity contribution < 1.29 is 19.4 Å². The Kier molecular flexibility index (Phi) is 10.2. The predicted octanol–water partition coefficient (Wildman–Crippen LogP) is 4.72. The summed E-state index contributed by atoms with van der Waals surface area (Å²) in [5.74, 6) is -0.916. The van der Waals surface area contributed by atoms with Gasteiger partial charge < -0.3 is 15.2 Å². The number of anilines is 1. The normalized spacial score (nSPS) is 11.2. The van der Waals surface area contributed by atoms with Crippen molar-refractivity contribution in [3.8, 4) is 11.3 Å². The van der Waals surface area contributed by atoms with Crippen molar-refractivity contribution in [2.45, 2.75) is 46.0 Å². The number of hydrogen-bond donors (Lipinski definition) is 2. The Morgan fingerprint density at radius 2 is 1.81 bits per heavy atom. The molecule has 0 spiro atoms. The van der Waals surface area contributed by atoms with Crippen molar-refractivity contribution in [3.05, 3.63) is 47.9 Å². The quantitative estimate of drug-likeness (QED) is 0.281.